The molecule has 146 valence electrons. The second-order valence-corrected chi connectivity index (χ2v) is 8.39. The highest BCUT2D eigenvalue weighted by molar-refractivity contribution is 7.14. The van der Waals surface area contributed by atoms with Crippen molar-refractivity contribution in [3.63, 3.8) is 0 Å². The van der Waals surface area contributed by atoms with Crippen LogP contribution in [0.1, 0.15) is 46.7 Å². The molecule has 2 heterocycles. The fourth-order valence-corrected chi connectivity index (χ4v) is 3.52. The van der Waals surface area contributed by atoms with Gasteiger partial charge in [0.2, 0.25) is 5.88 Å². The molecule has 0 bridgehead atoms. The number of halogens is 1. The molecule has 1 amide bonds. The van der Waals surface area contributed by atoms with Gasteiger partial charge in [0.15, 0.2) is 0 Å². The summed E-state index contributed by atoms with van der Waals surface area (Å²) in [7, 11) is 0. The summed E-state index contributed by atoms with van der Waals surface area (Å²) in [5.74, 6) is 0.0915. The quantitative estimate of drug-likeness (QED) is 0.655. The first kappa shape index (κ1) is 19.9. The monoisotopic (exact) mass is 399 g/mol. The van der Waals surface area contributed by atoms with Gasteiger partial charge in [0.25, 0.3) is 5.91 Å². The molecular formula is C21H22FN3O2S. The van der Waals surface area contributed by atoms with E-state index in [0.29, 0.717) is 22.1 Å². The van der Waals surface area contributed by atoms with Crippen molar-refractivity contribution < 1.29 is 13.9 Å². The van der Waals surface area contributed by atoms with Crippen molar-refractivity contribution in [2.45, 2.75) is 39.7 Å². The van der Waals surface area contributed by atoms with Crippen LogP contribution < -0.4 is 10.1 Å². The Morgan fingerprint density at radius 3 is 2.71 bits per heavy atom. The molecule has 5 nitrogen and oxygen atoms in total. The van der Waals surface area contributed by atoms with Crippen LogP contribution in [0.15, 0.2) is 42.6 Å². The van der Waals surface area contributed by atoms with E-state index >= 15 is 0 Å². The molecule has 7 heteroatoms. The summed E-state index contributed by atoms with van der Waals surface area (Å²) in [4.78, 5) is 22.0. The average molecular weight is 399 g/mol. The third kappa shape index (κ3) is 4.72. The van der Waals surface area contributed by atoms with Gasteiger partial charge in [-0.05, 0) is 25.1 Å². The van der Waals surface area contributed by atoms with E-state index in [1.165, 1.54) is 23.5 Å². The van der Waals surface area contributed by atoms with Gasteiger partial charge in [-0.15, -0.1) is 11.3 Å². The first-order valence-corrected chi connectivity index (χ1v) is 9.69. The van der Waals surface area contributed by atoms with Gasteiger partial charge in [-0.25, -0.2) is 14.4 Å². The summed E-state index contributed by atoms with van der Waals surface area (Å²) in [5, 5.41) is 3.82. The summed E-state index contributed by atoms with van der Waals surface area (Å²) >= 11 is 1.41. The molecule has 0 fully saturated rings. The van der Waals surface area contributed by atoms with E-state index in [1.54, 1.807) is 24.4 Å². The SMILES string of the molecule is Cc1nc(C(C)(C)C)sc1C(=O)NCc1cccnc1Oc1cccc(F)c1. The Morgan fingerprint density at radius 2 is 2.04 bits per heavy atom. The first-order valence-electron chi connectivity index (χ1n) is 8.87. The minimum Gasteiger partial charge on any atom is -0.439 e. The van der Waals surface area contributed by atoms with Crippen molar-refractivity contribution in [3.05, 3.63) is 69.6 Å². The van der Waals surface area contributed by atoms with E-state index in [4.69, 9.17) is 4.74 Å². The van der Waals surface area contributed by atoms with E-state index in [-0.39, 0.29) is 17.9 Å². The molecule has 1 aromatic carbocycles. The number of amides is 1. The summed E-state index contributed by atoms with van der Waals surface area (Å²) in [6.07, 6.45) is 1.59. The van der Waals surface area contributed by atoms with Crippen molar-refractivity contribution in [2.75, 3.05) is 0 Å². The smallest absolute Gasteiger partial charge is 0.263 e. The lowest BCUT2D eigenvalue weighted by molar-refractivity contribution is 0.0954. The Morgan fingerprint density at radius 1 is 1.25 bits per heavy atom. The molecule has 0 aliphatic heterocycles. The van der Waals surface area contributed by atoms with Crippen LogP contribution in [0.2, 0.25) is 0 Å². The topological polar surface area (TPSA) is 64.1 Å². The Bertz CT molecular complexity index is 995. The van der Waals surface area contributed by atoms with Gasteiger partial charge in [0.1, 0.15) is 16.4 Å². The molecule has 1 N–H and O–H groups in total. The Balaban J connectivity index is 1.73. The molecule has 3 aromatic rings. The van der Waals surface area contributed by atoms with Gasteiger partial charge in [-0.1, -0.05) is 32.9 Å². The number of carbonyl (C=O) groups excluding carboxylic acids is 1. The number of pyridine rings is 1. The van der Waals surface area contributed by atoms with Crippen molar-refractivity contribution in [3.8, 4) is 11.6 Å². The van der Waals surface area contributed by atoms with Crippen molar-refractivity contribution in [1.82, 2.24) is 15.3 Å². The van der Waals surface area contributed by atoms with Gasteiger partial charge >= 0.3 is 0 Å². The maximum Gasteiger partial charge on any atom is 0.263 e. The largest absolute Gasteiger partial charge is 0.439 e. The standard InChI is InChI=1S/C21H22FN3O2S/c1-13-17(28-20(25-13)21(2,3)4)18(26)24-12-14-7-6-10-23-19(14)27-16-9-5-8-15(22)11-16/h5-11H,12H2,1-4H3,(H,24,26). The van der Waals surface area contributed by atoms with Crippen LogP contribution >= 0.6 is 11.3 Å². The first-order chi connectivity index (χ1) is 13.2. The van der Waals surface area contributed by atoms with Crippen LogP contribution in [0.5, 0.6) is 11.6 Å². The highest BCUT2D eigenvalue weighted by Gasteiger charge is 2.23. The number of benzene rings is 1. The van der Waals surface area contributed by atoms with Crippen LogP contribution in [0.4, 0.5) is 4.39 Å². The predicted octanol–water partition coefficient (Wildman–Crippen LogP) is 5.01. The second-order valence-electron chi connectivity index (χ2n) is 7.39. The number of ether oxygens (including phenoxy) is 1. The molecule has 28 heavy (non-hydrogen) atoms. The van der Waals surface area contributed by atoms with Crippen LogP contribution in [-0.2, 0) is 12.0 Å². The lowest BCUT2D eigenvalue weighted by Crippen LogP contribution is -2.23. The van der Waals surface area contributed by atoms with Gasteiger partial charge in [-0.3, -0.25) is 4.79 Å². The maximum absolute atomic E-state index is 13.4. The van der Waals surface area contributed by atoms with E-state index in [1.807, 2.05) is 13.0 Å². The Labute approximate surface area is 167 Å². The van der Waals surface area contributed by atoms with E-state index < -0.39 is 5.82 Å². The van der Waals surface area contributed by atoms with Gasteiger partial charge < -0.3 is 10.1 Å². The van der Waals surface area contributed by atoms with Crippen molar-refractivity contribution in [2.24, 2.45) is 0 Å². The number of thiazole rings is 1. The van der Waals surface area contributed by atoms with E-state index in [2.05, 4.69) is 36.1 Å². The van der Waals surface area contributed by atoms with Crippen molar-refractivity contribution in [1.29, 1.82) is 0 Å². The van der Waals surface area contributed by atoms with E-state index in [9.17, 15) is 9.18 Å². The molecule has 0 unspecified atom stereocenters. The third-order valence-corrected chi connectivity index (χ3v) is 5.53. The number of nitrogens with one attached hydrogen (secondary N) is 1. The van der Waals surface area contributed by atoms with Gasteiger partial charge in [0, 0.05) is 29.8 Å². The predicted molar refractivity (Wildman–Crippen MR) is 107 cm³/mol. The van der Waals surface area contributed by atoms with Crippen LogP contribution in [0, 0.1) is 12.7 Å². The zero-order valence-corrected chi connectivity index (χ0v) is 17.1. The Hall–Kier alpha value is -2.80. The molecule has 0 atom stereocenters. The Kier molecular flexibility index (Phi) is 5.74. The van der Waals surface area contributed by atoms with Crippen LogP contribution in [0.3, 0.4) is 0 Å². The molecule has 0 aliphatic rings. The lowest BCUT2D eigenvalue weighted by Gasteiger charge is -2.13. The molecule has 3 rings (SSSR count). The number of hydrogen-bond acceptors (Lipinski definition) is 5. The van der Waals surface area contributed by atoms with Gasteiger partial charge in [0.05, 0.1) is 10.7 Å². The zero-order chi connectivity index (χ0) is 20.3. The minimum atomic E-state index is -0.390. The number of aromatic nitrogens is 2. The number of hydrogen-bond donors (Lipinski definition) is 1. The zero-order valence-electron chi connectivity index (χ0n) is 16.2. The molecular weight excluding hydrogens is 377 g/mol. The molecule has 2 aromatic heterocycles. The fraction of sp³-hybridized carbons (Fsp3) is 0.286. The number of carbonyl (C=O) groups is 1. The van der Waals surface area contributed by atoms with Gasteiger partial charge in [-0.2, -0.15) is 0 Å². The lowest BCUT2D eigenvalue weighted by atomic mass is 9.98. The number of nitrogens with zero attached hydrogens (tertiary/aromatic N) is 2. The van der Waals surface area contributed by atoms with E-state index in [0.717, 1.165) is 10.7 Å². The van der Waals surface area contributed by atoms with Crippen molar-refractivity contribution >= 4 is 17.2 Å². The summed E-state index contributed by atoms with van der Waals surface area (Å²) in [6, 6.07) is 9.41. The summed E-state index contributed by atoms with van der Waals surface area (Å²) in [6.45, 7) is 8.28. The maximum atomic E-state index is 13.4. The van der Waals surface area contributed by atoms with Crippen LogP contribution in [-0.4, -0.2) is 15.9 Å². The second kappa shape index (κ2) is 8.06. The minimum absolute atomic E-state index is 0.108. The molecule has 0 spiro atoms. The third-order valence-electron chi connectivity index (χ3n) is 3.94. The summed E-state index contributed by atoms with van der Waals surface area (Å²) in [5.41, 5.74) is 1.30. The van der Waals surface area contributed by atoms with Crippen LogP contribution in [0.25, 0.3) is 0 Å². The highest BCUT2D eigenvalue weighted by Crippen LogP contribution is 2.29. The molecule has 0 radical (unpaired) electrons. The molecule has 0 aliphatic carbocycles. The molecule has 0 saturated carbocycles. The summed E-state index contributed by atoms with van der Waals surface area (Å²) < 4.78 is 19.1. The highest BCUT2D eigenvalue weighted by atomic mass is 32.1. The number of aryl methyl sites for hydroxylation is 1. The average Bonchev–Trinajstić information content (AvgIpc) is 3.03. The fourth-order valence-electron chi connectivity index (χ4n) is 2.48. The molecule has 0 saturated heterocycles. The number of rotatable bonds is 5. The normalized spacial score (nSPS) is 11.3.